The Hall–Kier alpha value is 0.877. The molecule has 0 bridgehead atoms. The van der Waals surface area contributed by atoms with E-state index in [1.807, 2.05) is 0 Å². The number of hydrogen-bond donors (Lipinski definition) is 0. The van der Waals surface area contributed by atoms with Crippen molar-refractivity contribution < 1.29 is 4.43 Å². The van der Waals surface area contributed by atoms with E-state index >= 15 is 0 Å². The first kappa shape index (κ1) is 14.9. The molecule has 0 aliphatic carbocycles. The minimum Gasteiger partial charge on any atom is -0.417 e. The molecule has 1 saturated heterocycles. The molecule has 1 aliphatic rings. The predicted octanol–water partition coefficient (Wildman–Crippen LogP) is 4.59. The van der Waals surface area contributed by atoms with E-state index in [-0.39, 0.29) is 0 Å². The van der Waals surface area contributed by atoms with Crippen LogP contribution in [0.5, 0.6) is 0 Å². The first-order chi connectivity index (χ1) is 7.33. The first-order valence-electron chi connectivity index (χ1n) is 6.20. The van der Waals surface area contributed by atoms with Crippen LogP contribution in [0.1, 0.15) is 33.6 Å². The van der Waals surface area contributed by atoms with Crippen molar-refractivity contribution in [3.8, 4) is 0 Å². The monoisotopic (exact) mass is 278 g/mol. The third-order valence-corrected chi connectivity index (χ3v) is 11.3. The zero-order valence-electron chi connectivity index (χ0n) is 11.3. The van der Waals surface area contributed by atoms with Gasteiger partial charge in [-0.2, -0.15) is 0 Å². The molecule has 0 spiro atoms. The molecule has 0 aromatic carbocycles. The van der Waals surface area contributed by atoms with Crippen LogP contribution in [0.4, 0.5) is 0 Å². The quantitative estimate of drug-likeness (QED) is 0.537. The summed E-state index contributed by atoms with van der Waals surface area (Å²) in [6.45, 7) is 12.6. The molecule has 1 fully saturated rings. The zero-order chi connectivity index (χ0) is 12.2. The fourth-order valence-corrected chi connectivity index (χ4v) is 5.38. The number of rotatable bonds is 5. The summed E-state index contributed by atoms with van der Waals surface area (Å²) in [5.74, 6) is 2.69. The summed E-state index contributed by atoms with van der Waals surface area (Å²) in [5, 5.41) is 0.351. The van der Waals surface area contributed by atoms with Crippen LogP contribution in [-0.2, 0) is 4.43 Å². The van der Waals surface area contributed by atoms with Crippen molar-refractivity contribution in [2.45, 2.75) is 56.3 Å². The number of hydrogen-bond acceptors (Lipinski definition) is 3. The highest BCUT2D eigenvalue weighted by Crippen LogP contribution is 2.37. The van der Waals surface area contributed by atoms with Crippen molar-refractivity contribution in [2.75, 3.05) is 18.1 Å². The summed E-state index contributed by atoms with van der Waals surface area (Å²) in [5.41, 5.74) is 0. The molecule has 16 heavy (non-hydrogen) atoms. The van der Waals surface area contributed by atoms with Crippen LogP contribution in [-0.4, -0.2) is 31.0 Å². The second-order valence-electron chi connectivity index (χ2n) is 5.92. The Morgan fingerprint density at radius 1 is 1.19 bits per heavy atom. The summed E-state index contributed by atoms with van der Waals surface area (Å²) in [6, 6.07) is 0. The van der Waals surface area contributed by atoms with Gasteiger partial charge in [0.25, 0.3) is 0 Å². The van der Waals surface area contributed by atoms with Gasteiger partial charge in [-0.25, -0.2) is 0 Å². The van der Waals surface area contributed by atoms with Gasteiger partial charge in [0.1, 0.15) is 0 Å². The lowest BCUT2D eigenvalue weighted by molar-refractivity contribution is 0.281. The Morgan fingerprint density at radius 2 is 1.75 bits per heavy atom. The van der Waals surface area contributed by atoms with Gasteiger partial charge < -0.3 is 4.43 Å². The Morgan fingerprint density at radius 3 is 2.25 bits per heavy atom. The van der Waals surface area contributed by atoms with Crippen LogP contribution in [0.25, 0.3) is 0 Å². The number of thioether (sulfide) groups is 2. The maximum absolute atomic E-state index is 6.17. The molecule has 96 valence electrons. The molecule has 1 aliphatic heterocycles. The van der Waals surface area contributed by atoms with Crippen LogP contribution < -0.4 is 0 Å². The summed E-state index contributed by atoms with van der Waals surface area (Å²) in [4.78, 5) is 0. The molecule has 0 saturated carbocycles. The van der Waals surface area contributed by atoms with E-state index in [1.54, 1.807) is 0 Å². The molecule has 0 amide bonds. The third kappa shape index (κ3) is 4.63. The molecule has 1 rings (SSSR count). The van der Waals surface area contributed by atoms with Gasteiger partial charge in [-0.3, -0.25) is 0 Å². The Bertz CT molecular complexity index is 208. The maximum Gasteiger partial charge on any atom is 0.191 e. The lowest BCUT2D eigenvalue weighted by atomic mass is 10.2. The standard InChI is InChI=1S/C12H26OS2Si/c1-12(2,3)16(4,5)13-8-6-7-11-14-9-10-15-11/h11H,6-10H2,1-5H3. The maximum atomic E-state index is 6.17. The average molecular weight is 279 g/mol. The van der Waals surface area contributed by atoms with Gasteiger partial charge in [-0.05, 0) is 31.0 Å². The van der Waals surface area contributed by atoms with Crippen molar-refractivity contribution >= 4 is 31.8 Å². The van der Waals surface area contributed by atoms with E-state index in [2.05, 4.69) is 57.4 Å². The fraction of sp³-hybridized carbons (Fsp3) is 1.00. The van der Waals surface area contributed by atoms with Gasteiger partial charge in [-0.15, -0.1) is 23.5 Å². The van der Waals surface area contributed by atoms with Crippen molar-refractivity contribution in [1.82, 2.24) is 0 Å². The van der Waals surface area contributed by atoms with Gasteiger partial charge in [0.15, 0.2) is 8.32 Å². The molecule has 0 aromatic rings. The molecule has 0 unspecified atom stereocenters. The van der Waals surface area contributed by atoms with E-state index < -0.39 is 8.32 Å². The molecular formula is C12H26OS2Si. The van der Waals surface area contributed by atoms with Crippen LogP contribution in [0.15, 0.2) is 0 Å². The molecule has 0 N–H and O–H groups in total. The molecular weight excluding hydrogens is 252 g/mol. The van der Waals surface area contributed by atoms with Crippen molar-refractivity contribution in [1.29, 1.82) is 0 Å². The Balaban J connectivity index is 2.14. The van der Waals surface area contributed by atoms with Gasteiger partial charge in [0.05, 0.1) is 4.58 Å². The van der Waals surface area contributed by atoms with Crippen LogP contribution in [0.3, 0.4) is 0 Å². The lowest BCUT2D eigenvalue weighted by Crippen LogP contribution is -2.41. The lowest BCUT2D eigenvalue weighted by Gasteiger charge is -2.36. The molecule has 0 atom stereocenters. The third-order valence-electron chi connectivity index (χ3n) is 3.54. The van der Waals surface area contributed by atoms with Crippen LogP contribution in [0, 0.1) is 0 Å². The SMILES string of the molecule is CC(C)(C)[Si](C)(C)OCCCC1SCCS1. The Labute approximate surface area is 111 Å². The van der Waals surface area contributed by atoms with E-state index in [4.69, 9.17) is 4.43 Å². The van der Waals surface area contributed by atoms with E-state index in [1.165, 1.54) is 24.3 Å². The molecule has 0 radical (unpaired) electrons. The fourth-order valence-electron chi connectivity index (χ4n) is 1.37. The van der Waals surface area contributed by atoms with Crippen molar-refractivity contribution in [2.24, 2.45) is 0 Å². The molecule has 0 aromatic heterocycles. The smallest absolute Gasteiger partial charge is 0.191 e. The average Bonchev–Trinajstić information content (AvgIpc) is 2.63. The van der Waals surface area contributed by atoms with Gasteiger partial charge in [-0.1, -0.05) is 20.8 Å². The van der Waals surface area contributed by atoms with Crippen LogP contribution >= 0.6 is 23.5 Å². The molecule has 1 heterocycles. The summed E-state index contributed by atoms with van der Waals surface area (Å²) in [6.07, 6.45) is 2.56. The second kappa shape index (κ2) is 6.16. The zero-order valence-corrected chi connectivity index (χ0v) is 14.0. The van der Waals surface area contributed by atoms with E-state index in [0.29, 0.717) is 5.04 Å². The topological polar surface area (TPSA) is 9.23 Å². The summed E-state index contributed by atoms with van der Waals surface area (Å²) in [7, 11) is -1.50. The van der Waals surface area contributed by atoms with Gasteiger partial charge >= 0.3 is 0 Å². The van der Waals surface area contributed by atoms with E-state index in [0.717, 1.165) is 11.2 Å². The van der Waals surface area contributed by atoms with Gasteiger partial charge in [0.2, 0.25) is 0 Å². The molecule has 4 heteroatoms. The minimum absolute atomic E-state index is 0.351. The molecule has 1 nitrogen and oxygen atoms in total. The van der Waals surface area contributed by atoms with Crippen molar-refractivity contribution in [3.05, 3.63) is 0 Å². The highest BCUT2D eigenvalue weighted by Gasteiger charge is 2.36. The first-order valence-corrected chi connectivity index (χ1v) is 11.2. The summed E-state index contributed by atoms with van der Waals surface area (Å²) >= 11 is 4.25. The highest BCUT2D eigenvalue weighted by molar-refractivity contribution is 8.20. The second-order valence-corrected chi connectivity index (χ2v) is 13.7. The van der Waals surface area contributed by atoms with Gasteiger partial charge in [0, 0.05) is 18.1 Å². The van der Waals surface area contributed by atoms with E-state index in [9.17, 15) is 0 Å². The highest BCUT2D eigenvalue weighted by atomic mass is 32.2. The van der Waals surface area contributed by atoms with Crippen molar-refractivity contribution in [3.63, 3.8) is 0 Å². The van der Waals surface area contributed by atoms with Crippen LogP contribution in [0.2, 0.25) is 18.1 Å². The predicted molar refractivity (Wildman–Crippen MR) is 81.1 cm³/mol. The largest absolute Gasteiger partial charge is 0.417 e. The summed E-state index contributed by atoms with van der Waals surface area (Å²) < 4.78 is 7.02. The normalized spacial score (nSPS) is 19.3. The Kier molecular flexibility index (Phi) is 5.75. The minimum atomic E-state index is -1.50.